The van der Waals surface area contributed by atoms with Gasteiger partial charge in [-0.05, 0) is 30.6 Å². The first-order valence-electron chi connectivity index (χ1n) is 5.86. The summed E-state index contributed by atoms with van der Waals surface area (Å²) < 4.78 is 27.2. The minimum absolute atomic E-state index is 0.328. The Morgan fingerprint density at radius 3 is 2.70 bits per heavy atom. The van der Waals surface area contributed by atoms with Crippen LogP contribution in [0, 0.1) is 0 Å². The van der Waals surface area contributed by atoms with Crippen LogP contribution in [0.5, 0.6) is 0 Å². The summed E-state index contributed by atoms with van der Waals surface area (Å²) in [5.41, 5.74) is 0. The van der Waals surface area contributed by atoms with Crippen molar-refractivity contribution in [2.24, 2.45) is 0 Å². The van der Waals surface area contributed by atoms with E-state index in [1.54, 1.807) is 31.6 Å². The van der Waals surface area contributed by atoms with Gasteiger partial charge < -0.3 is 5.32 Å². The monoisotopic (exact) mass is 350 g/mol. The molecule has 0 radical (unpaired) electrons. The predicted molar refractivity (Wildman–Crippen MR) is 85.1 cm³/mol. The van der Waals surface area contributed by atoms with Gasteiger partial charge in [0.2, 0.25) is 10.0 Å². The van der Waals surface area contributed by atoms with Crippen LogP contribution in [0.25, 0.3) is 0 Å². The summed E-state index contributed by atoms with van der Waals surface area (Å²) in [7, 11) is -0.0839. The number of thiophene rings is 2. The molecule has 0 aliphatic rings. The Morgan fingerprint density at radius 2 is 2.10 bits per heavy atom. The molecule has 0 unspecified atom stereocenters. The molecule has 0 saturated carbocycles. The van der Waals surface area contributed by atoms with Crippen LogP contribution in [0.2, 0.25) is 4.34 Å². The molecule has 20 heavy (non-hydrogen) atoms. The Morgan fingerprint density at radius 1 is 1.35 bits per heavy atom. The normalized spacial score (nSPS) is 12.2. The van der Waals surface area contributed by atoms with Gasteiger partial charge in [0.1, 0.15) is 0 Å². The standard InChI is InChI=1S/C12H15ClN2O2S3/c1-14-7-10-11(5-6-18-10)20(16,17)15(2)8-9-3-4-12(13)19-9/h3-6,14H,7-8H2,1-2H3. The van der Waals surface area contributed by atoms with Gasteiger partial charge in [0.25, 0.3) is 0 Å². The molecule has 0 saturated heterocycles. The second kappa shape index (κ2) is 6.55. The lowest BCUT2D eigenvalue weighted by atomic mass is 10.5. The molecule has 0 aliphatic carbocycles. The van der Waals surface area contributed by atoms with Crippen molar-refractivity contribution < 1.29 is 8.42 Å². The molecule has 2 aromatic rings. The molecule has 2 heterocycles. The molecule has 1 N–H and O–H groups in total. The Labute approximate surface area is 132 Å². The number of nitrogens with one attached hydrogen (secondary N) is 1. The SMILES string of the molecule is CNCc1sccc1S(=O)(=O)N(C)Cc1ccc(Cl)s1. The molecule has 0 atom stereocenters. The lowest BCUT2D eigenvalue weighted by Crippen LogP contribution is -2.27. The van der Waals surface area contributed by atoms with Crippen LogP contribution in [0.4, 0.5) is 0 Å². The van der Waals surface area contributed by atoms with Crippen LogP contribution in [0.1, 0.15) is 9.75 Å². The van der Waals surface area contributed by atoms with E-state index in [1.165, 1.54) is 27.0 Å². The Balaban J connectivity index is 2.22. The van der Waals surface area contributed by atoms with Crippen molar-refractivity contribution >= 4 is 44.3 Å². The maximum Gasteiger partial charge on any atom is 0.244 e. The van der Waals surface area contributed by atoms with E-state index in [4.69, 9.17) is 11.6 Å². The highest BCUT2D eigenvalue weighted by molar-refractivity contribution is 7.89. The second-order valence-electron chi connectivity index (χ2n) is 4.21. The van der Waals surface area contributed by atoms with E-state index in [0.717, 1.165) is 9.75 Å². The molecule has 2 rings (SSSR count). The maximum absolute atomic E-state index is 12.6. The van der Waals surface area contributed by atoms with E-state index < -0.39 is 10.0 Å². The number of sulfonamides is 1. The van der Waals surface area contributed by atoms with E-state index in [1.807, 2.05) is 6.07 Å². The summed E-state index contributed by atoms with van der Waals surface area (Å²) in [6.45, 7) is 0.874. The quantitative estimate of drug-likeness (QED) is 0.871. The van der Waals surface area contributed by atoms with Gasteiger partial charge >= 0.3 is 0 Å². The summed E-state index contributed by atoms with van der Waals surface area (Å²) in [5.74, 6) is 0. The predicted octanol–water partition coefficient (Wildman–Crippen LogP) is 3.00. The lowest BCUT2D eigenvalue weighted by molar-refractivity contribution is 0.469. The average Bonchev–Trinajstić information content (AvgIpc) is 2.99. The number of rotatable bonds is 6. The highest BCUT2D eigenvalue weighted by atomic mass is 35.5. The minimum Gasteiger partial charge on any atom is -0.315 e. The van der Waals surface area contributed by atoms with Crippen molar-refractivity contribution in [3.63, 3.8) is 0 Å². The number of halogens is 1. The molecule has 0 spiro atoms. The molecule has 2 aromatic heterocycles. The van der Waals surface area contributed by atoms with Crippen molar-refractivity contribution in [1.29, 1.82) is 0 Å². The van der Waals surface area contributed by atoms with Gasteiger partial charge in [-0.2, -0.15) is 4.31 Å². The molecule has 0 fully saturated rings. The maximum atomic E-state index is 12.6. The van der Waals surface area contributed by atoms with Gasteiger partial charge in [0.15, 0.2) is 0 Å². The number of hydrogen-bond donors (Lipinski definition) is 1. The van der Waals surface area contributed by atoms with Crippen LogP contribution in [0.15, 0.2) is 28.5 Å². The molecule has 0 aliphatic heterocycles. The first-order valence-corrected chi connectivity index (χ1v) is 9.38. The van der Waals surface area contributed by atoms with E-state index in [2.05, 4.69) is 5.32 Å². The average molecular weight is 351 g/mol. The summed E-state index contributed by atoms with van der Waals surface area (Å²) >= 11 is 8.70. The molecule has 110 valence electrons. The van der Waals surface area contributed by atoms with Gasteiger partial charge in [0.05, 0.1) is 9.23 Å². The third-order valence-electron chi connectivity index (χ3n) is 2.74. The highest BCUT2D eigenvalue weighted by Crippen LogP contribution is 2.27. The molecule has 0 aromatic carbocycles. The van der Waals surface area contributed by atoms with Crippen LogP contribution in [0.3, 0.4) is 0 Å². The van der Waals surface area contributed by atoms with Crippen LogP contribution >= 0.6 is 34.3 Å². The Kier molecular flexibility index (Phi) is 5.22. The fourth-order valence-electron chi connectivity index (χ4n) is 1.76. The number of hydrogen-bond acceptors (Lipinski definition) is 5. The van der Waals surface area contributed by atoms with Crippen molar-refractivity contribution in [1.82, 2.24) is 9.62 Å². The third-order valence-corrected chi connectivity index (χ3v) is 6.89. The van der Waals surface area contributed by atoms with Crippen molar-refractivity contribution in [3.8, 4) is 0 Å². The molecule has 4 nitrogen and oxygen atoms in total. The Bertz CT molecular complexity index is 678. The van der Waals surface area contributed by atoms with Gasteiger partial charge in [-0.15, -0.1) is 22.7 Å². The smallest absolute Gasteiger partial charge is 0.244 e. The fourth-order valence-corrected chi connectivity index (χ4v) is 5.55. The van der Waals surface area contributed by atoms with Gasteiger partial charge in [-0.25, -0.2) is 8.42 Å². The van der Waals surface area contributed by atoms with E-state index in [9.17, 15) is 8.42 Å². The lowest BCUT2D eigenvalue weighted by Gasteiger charge is -2.16. The van der Waals surface area contributed by atoms with Crippen LogP contribution in [-0.2, 0) is 23.1 Å². The fraction of sp³-hybridized carbons (Fsp3) is 0.333. The minimum atomic E-state index is -3.47. The molecule has 0 amide bonds. The summed E-state index contributed by atoms with van der Waals surface area (Å²) in [5, 5.41) is 4.79. The first kappa shape index (κ1) is 15.9. The third kappa shape index (κ3) is 3.41. The van der Waals surface area contributed by atoms with Gasteiger partial charge in [-0.1, -0.05) is 11.6 Å². The van der Waals surface area contributed by atoms with Crippen LogP contribution in [-0.4, -0.2) is 26.8 Å². The zero-order valence-electron chi connectivity index (χ0n) is 11.1. The van der Waals surface area contributed by atoms with Crippen molar-refractivity contribution in [2.75, 3.05) is 14.1 Å². The largest absolute Gasteiger partial charge is 0.315 e. The summed E-state index contributed by atoms with van der Waals surface area (Å²) in [6.07, 6.45) is 0. The first-order chi connectivity index (χ1) is 9.45. The van der Waals surface area contributed by atoms with Crippen molar-refractivity contribution in [2.45, 2.75) is 18.0 Å². The number of nitrogens with zero attached hydrogens (tertiary/aromatic N) is 1. The topological polar surface area (TPSA) is 49.4 Å². The van der Waals surface area contributed by atoms with E-state index in [-0.39, 0.29) is 0 Å². The van der Waals surface area contributed by atoms with E-state index >= 15 is 0 Å². The van der Waals surface area contributed by atoms with Gasteiger partial charge in [-0.3, -0.25) is 0 Å². The summed E-state index contributed by atoms with van der Waals surface area (Å²) in [6, 6.07) is 5.28. The van der Waals surface area contributed by atoms with Crippen LogP contribution < -0.4 is 5.32 Å². The molecular weight excluding hydrogens is 336 g/mol. The summed E-state index contributed by atoms with van der Waals surface area (Å²) in [4.78, 5) is 2.12. The molecule has 8 heteroatoms. The molecule has 0 bridgehead atoms. The Hall–Kier alpha value is -0.440. The second-order valence-corrected chi connectivity index (χ2v) is 9.02. The van der Waals surface area contributed by atoms with E-state index in [0.29, 0.717) is 22.3 Å². The highest BCUT2D eigenvalue weighted by Gasteiger charge is 2.25. The zero-order valence-corrected chi connectivity index (χ0v) is 14.3. The molecular formula is C12H15ClN2O2S3. The van der Waals surface area contributed by atoms with Crippen molar-refractivity contribution in [3.05, 3.63) is 37.7 Å². The van der Waals surface area contributed by atoms with Gasteiger partial charge in [0, 0.05) is 29.9 Å². The zero-order chi connectivity index (χ0) is 14.8.